The summed E-state index contributed by atoms with van der Waals surface area (Å²) in [7, 11) is 0. The van der Waals surface area contributed by atoms with Gasteiger partial charge in [0.1, 0.15) is 5.56 Å². The standard InChI is InChI=1S/C23H25N3O3/c27-21(19-6-3-10-26(29)16-19)24-12-8-23(9-13-24)14-20(23)22(28)25-11-7-17-4-1-2-5-18(17)15-25/h1-6,10,16,20H,7-9,11-15H2. The van der Waals surface area contributed by atoms with Crippen LogP contribution in [0.5, 0.6) is 0 Å². The number of hydrogen-bond acceptors (Lipinski definition) is 3. The molecule has 6 nitrogen and oxygen atoms in total. The molecule has 2 aromatic rings. The Morgan fingerprint density at radius 1 is 1.00 bits per heavy atom. The van der Waals surface area contributed by atoms with Crippen LogP contribution < -0.4 is 4.73 Å². The zero-order valence-electron chi connectivity index (χ0n) is 16.4. The van der Waals surface area contributed by atoms with Crippen LogP contribution in [0.4, 0.5) is 0 Å². The van der Waals surface area contributed by atoms with E-state index in [1.807, 2.05) is 15.9 Å². The first-order valence-electron chi connectivity index (χ1n) is 10.4. The maximum absolute atomic E-state index is 13.1. The van der Waals surface area contributed by atoms with Gasteiger partial charge in [-0.2, -0.15) is 4.73 Å². The Morgan fingerprint density at radius 3 is 2.52 bits per heavy atom. The van der Waals surface area contributed by atoms with E-state index in [0.717, 1.165) is 38.8 Å². The highest BCUT2D eigenvalue weighted by atomic mass is 16.5. The fourth-order valence-corrected chi connectivity index (χ4v) is 5.07. The third-order valence-electron chi connectivity index (χ3n) is 7.00. The summed E-state index contributed by atoms with van der Waals surface area (Å²) < 4.78 is 0.658. The highest BCUT2D eigenvalue weighted by molar-refractivity contribution is 5.93. The van der Waals surface area contributed by atoms with Crippen molar-refractivity contribution in [2.45, 2.75) is 32.2 Å². The summed E-state index contributed by atoms with van der Waals surface area (Å²) in [6.45, 7) is 2.82. The van der Waals surface area contributed by atoms with E-state index in [4.69, 9.17) is 0 Å². The number of nitrogens with zero attached hydrogens (tertiary/aromatic N) is 3. The Bertz CT molecular complexity index is 965. The molecule has 1 aliphatic carbocycles. The second-order valence-electron chi connectivity index (χ2n) is 8.64. The molecule has 3 heterocycles. The van der Waals surface area contributed by atoms with Gasteiger partial charge in [-0.15, -0.1) is 0 Å². The smallest absolute Gasteiger partial charge is 0.259 e. The number of amides is 2. The number of pyridine rings is 1. The second kappa shape index (κ2) is 6.87. The molecule has 5 rings (SSSR count). The molecule has 0 radical (unpaired) electrons. The Morgan fingerprint density at radius 2 is 1.76 bits per heavy atom. The average Bonchev–Trinajstić information content (AvgIpc) is 3.46. The SMILES string of the molecule is O=C(c1ccc[n+]([O-])c1)N1CCC2(CC1)CC2C(=O)N1CCc2ccccc2C1. The molecule has 0 bridgehead atoms. The molecule has 3 aliphatic rings. The van der Waals surface area contributed by atoms with Crippen LogP contribution in [-0.4, -0.2) is 41.2 Å². The monoisotopic (exact) mass is 391 g/mol. The van der Waals surface area contributed by atoms with Gasteiger partial charge in [-0.25, -0.2) is 0 Å². The van der Waals surface area contributed by atoms with Crippen LogP contribution in [0.2, 0.25) is 0 Å². The summed E-state index contributed by atoms with van der Waals surface area (Å²) >= 11 is 0. The van der Waals surface area contributed by atoms with Gasteiger partial charge >= 0.3 is 0 Å². The third kappa shape index (κ3) is 3.26. The van der Waals surface area contributed by atoms with E-state index in [2.05, 4.69) is 18.2 Å². The van der Waals surface area contributed by atoms with E-state index >= 15 is 0 Å². The average molecular weight is 391 g/mol. The number of piperidine rings is 1. The molecule has 2 fully saturated rings. The number of carbonyl (C=O) groups is 2. The fourth-order valence-electron chi connectivity index (χ4n) is 5.07. The van der Waals surface area contributed by atoms with Crippen LogP contribution in [0.3, 0.4) is 0 Å². The van der Waals surface area contributed by atoms with Crippen molar-refractivity contribution in [3.63, 3.8) is 0 Å². The molecular formula is C23H25N3O3. The Hall–Kier alpha value is -2.89. The number of hydrogen-bond donors (Lipinski definition) is 0. The number of fused-ring (bicyclic) bond motifs is 1. The van der Waals surface area contributed by atoms with E-state index in [1.54, 1.807) is 12.1 Å². The fraction of sp³-hybridized carbons (Fsp3) is 0.435. The lowest BCUT2D eigenvalue weighted by Crippen LogP contribution is -2.42. The van der Waals surface area contributed by atoms with Crippen molar-refractivity contribution < 1.29 is 14.3 Å². The molecule has 1 atom stereocenters. The number of likely N-dealkylation sites (tertiary alicyclic amines) is 1. The molecule has 1 spiro atoms. The Balaban J connectivity index is 1.20. The normalized spacial score (nSPS) is 22.3. The summed E-state index contributed by atoms with van der Waals surface area (Å²) in [6, 6.07) is 11.7. The van der Waals surface area contributed by atoms with E-state index in [1.165, 1.54) is 23.5 Å². The molecule has 0 N–H and O–H groups in total. The van der Waals surface area contributed by atoms with Gasteiger partial charge in [-0.3, -0.25) is 9.59 Å². The second-order valence-corrected chi connectivity index (χ2v) is 8.64. The van der Waals surface area contributed by atoms with Crippen LogP contribution in [0, 0.1) is 16.5 Å². The van der Waals surface area contributed by atoms with Crippen molar-refractivity contribution in [3.05, 3.63) is 70.7 Å². The summed E-state index contributed by atoms with van der Waals surface area (Å²) in [5, 5.41) is 11.4. The zero-order chi connectivity index (χ0) is 20.0. The molecule has 1 unspecified atom stereocenters. The van der Waals surface area contributed by atoms with Gasteiger partial charge in [0.15, 0.2) is 12.4 Å². The molecular weight excluding hydrogens is 366 g/mol. The summed E-state index contributed by atoms with van der Waals surface area (Å²) in [5.41, 5.74) is 3.11. The molecule has 1 aromatic heterocycles. The first-order valence-corrected chi connectivity index (χ1v) is 10.4. The first kappa shape index (κ1) is 18.2. The lowest BCUT2D eigenvalue weighted by Gasteiger charge is -2.34. The van der Waals surface area contributed by atoms with Crippen molar-refractivity contribution in [2.24, 2.45) is 11.3 Å². The van der Waals surface area contributed by atoms with Crippen molar-refractivity contribution in [1.82, 2.24) is 9.80 Å². The number of aromatic nitrogens is 1. The van der Waals surface area contributed by atoms with Gasteiger partial charge < -0.3 is 15.0 Å². The maximum Gasteiger partial charge on any atom is 0.259 e. The van der Waals surface area contributed by atoms with Crippen LogP contribution >= 0.6 is 0 Å². The van der Waals surface area contributed by atoms with Crippen LogP contribution in [0.15, 0.2) is 48.8 Å². The molecule has 2 aliphatic heterocycles. The number of carbonyl (C=O) groups excluding carboxylic acids is 2. The molecule has 29 heavy (non-hydrogen) atoms. The van der Waals surface area contributed by atoms with Gasteiger partial charge in [0.05, 0.1) is 0 Å². The Labute approximate surface area is 170 Å². The lowest BCUT2D eigenvalue weighted by atomic mass is 9.89. The number of benzene rings is 1. The van der Waals surface area contributed by atoms with Crippen molar-refractivity contribution in [1.29, 1.82) is 0 Å². The topological polar surface area (TPSA) is 67.6 Å². The predicted molar refractivity (Wildman–Crippen MR) is 107 cm³/mol. The first-order chi connectivity index (χ1) is 14.1. The highest BCUT2D eigenvalue weighted by Gasteiger charge is 2.59. The minimum absolute atomic E-state index is 0.0694. The van der Waals surface area contributed by atoms with Crippen LogP contribution in [0.1, 0.15) is 40.7 Å². The van der Waals surface area contributed by atoms with Crippen LogP contribution in [0.25, 0.3) is 0 Å². The molecule has 6 heteroatoms. The predicted octanol–water partition coefficient (Wildman–Crippen LogP) is 2.15. The van der Waals surface area contributed by atoms with E-state index < -0.39 is 0 Å². The van der Waals surface area contributed by atoms with E-state index in [9.17, 15) is 14.8 Å². The minimum atomic E-state index is -0.0961. The van der Waals surface area contributed by atoms with Gasteiger partial charge in [0, 0.05) is 38.2 Å². The molecule has 1 aromatic carbocycles. The molecule has 150 valence electrons. The van der Waals surface area contributed by atoms with Crippen LogP contribution in [-0.2, 0) is 17.8 Å². The van der Waals surface area contributed by atoms with E-state index in [0.29, 0.717) is 23.4 Å². The van der Waals surface area contributed by atoms with Crippen molar-refractivity contribution in [3.8, 4) is 0 Å². The number of rotatable bonds is 2. The minimum Gasteiger partial charge on any atom is -0.619 e. The third-order valence-corrected chi connectivity index (χ3v) is 7.00. The molecule has 1 saturated carbocycles. The molecule has 1 saturated heterocycles. The van der Waals surface area contributed by atoms with Gasteiger partial charge in [-0.1, -0.05) is 24.3 Å². The lowest BCUT2D eigenvalue weighted by molar-refractivity contribution is -0.605. The zero-order valence-corrected chi connectivity index (χ0v) is 16.4. The maximum atomic E-state index is 13.1. The van der Waals surface area contributed by atoms with Gasteiger partial charge in [0.2, 0.25) is 5.91 Å². The highest BCUT2D eigenvalue weighted by Crippen LogP contribution is 2.60. The van der Waals surface area contributed by atoms with E-state index in [-0.39, 0.29) is 23.1 Å². The van der Waals surface area contributed by atoms with Gasteiger partial charge in [-0.05, 0) is 48.3 Å². The van der Waals surface area contributed by atoms with Crippen molar-refractivity contribution in [2.75, 3.05) is 19.6 Å². The van der Waals surface area contributed by atoms with Crippen molar-refractivity contribution >= 4 is 11.8 Å². The quantitative estimate of drug-likeness (QED) is 0.582. The summed E-state index contributed by atoms with van der Waals surface area (Å²) in [6.07, 6.45) is 6.30. The summed E-state index contributed by atoms with van der Waals surface area (Å²) in [5.74, 6) is 0.293. The summed E-state index contributed by atoms with van der Waals surface area (Å²) in [4.78, 5) is 29.6. The Kier molecular flexibility index (Phi) is 4.30. The molecule has 2 amide bonds. The largest absolute Gasteiger partial charge is 0.619 e. The van der Waals surface area contributed by atoms with Gasteiger partial charge in [0.25, 0.3) is 5.91 Å².